The predicted molar refractivity (Wildman–Crippen MR) is 96.4 cm³/mol. The third kappa shape index (κ3) is 4.00. The quantitative estimate of drug-likeness (QED) is 0.396. The number of hydrogen-bond acceptors (Lipinski definition) is 2. The highest BCUT2D eigenvalue weighted by Crippen LogP contribution is 2.28. The van der Waals surface area contributed by atoms with Gasteiger partial charge in [0.1, 0.15) is 0 Å². The van der Waals surface area contributed by atoms with Crippen LogP contribution in [-0.2, 0) is 6.42 Å². The minimum absolute atomic E-state index is 0.167. The van der Waals surface area contributed by atoms with Crippen LogP contribution in [0, 0.1) is 0 Å². The van der Waals surface area contributed by atoms with Crippen molar-refractivity contribution in [1.29, 1.82) is 0 Å². The zero-order chi connectivity index (χ0) is 15.9. The van der Waals surface area contributed by atoms with E-state index in [9.17, 15) is 0 Å². The van der Waals surface area contributed by atoms with E-state index in [0.717, 1.165) is 25.7 Å². The molecule has 2 N–H and O–H groups in total. The Balaban J connectivity index is 2.26. The first-order valence-electron chi connectivity index (χ1n) is 8.14. The third-order valence-electron chi connectivity index (χ3n) is 3.86. The van der Waals surface area contributed by atoms with Crippen molar-refractivity contribution >= 4 is 17.1 Å². The molecule has 0 aliphatic heterocycles. The summed E-state index contributed by atoms with van der Waals surface area (Å²) in [5.41, 5.74) is 8.26. The molecule has 22 heavy (non-hydrogen) atoms. The number of aromatic amines is 1. The fourth-order valence-electron chi connectivity index (χ4n) is 2.62. The molecule has 0 saturated heterocycles. The number of fused-ring (bicyclic) bond motifs is 1. The molecule has 0 saturated carbocycles. The zero-order valence-electron chi connectivity index (χ0n) is 13.9. The van der Waals surface area contributed by atoms with E-state index in [2.05, 4.69) is 67.1 Å². The molecule has 0 amide bonds. The smallest absolute Gasteiger partial charge is 0.0813 e. The van der Waals surface area contributed by atoms with E-state index >= 15 is 0 Å². The van der Waals surface area contributed by atoms with Crippen molar-refractivity contribution in [3.05, 3.63) is 47.7 Å². The lowest BCUT2D eigenvalue weighted by Crippen LogP contribution is -2.14. The molecule has 118 valence electrons. The van der Waals surface area contributed by atoms with E-state index < -0.39 is 0 Å². The lowest BCUT2D eigenvalue weighted by molar-refractivity contribution is 0.588. The second kappa shape index (κ2) is 7.83. The van der Waals surface area contributed by atoms with Gasteiger partial charge >= 0.3 is 0 Å². The molecule has 0 spiro atoms. The molecule has 3 heteroatoms. The Morgan fingerprint density at radius 3 is 2.91 bits per heavy atom. The second-order valence-electron chi connectivity index (χ2n) is 5.97. The first-order chi connectivity index (χ1) is 10.6. The summed E-state index contributed by atoms with van der Waals surface area (Å²) in [5.74, 6) is 0. The molecule has 0 bridgehead atoms. The number of allylic oxidation sites excluding steroid dienone is 1. The van der Waals surface area contributed by atoms with Crippen LogP contribution < -0.4 is 5.43 Å². The van der Waals surface area contributed by atoms with Crippen molar-refractivity contribution in [1.82, 2.24) is 10.4 Å². The average molecular weight is 297 g/mol. The summed E-state index contributed by atoms with van der Waals surface area (Å²) < 4.78 is 0. The van der Waals surface area contributed by atoms with Crippen LogP contribution in [0.2, 0.25) is 0 Å². The van der Waals surface area contributed by atoms with Gasteiger partial charge in [0.05, 0.1) is 6.04 Å². The number of rotatable bonds is 8. The molecular weight excluding hydrogens is 270 g/mol. The van der Waals surface area contributed by atoms with Gasteiger partial charge in [-0.15, -0.1) is 6.58 Å². The molecule has 0 radical (unpaired) electrons. The highest BCUT2D eigenvalue weighted by atomic mass is 15.3. The number of aromatic nitrogens is 1. The number of nitrogens with one attached hydrogen (secondary N) is 2. The summed E-state index contributed by atoms with van der Waals surface area (Å²) in [7, 11) is 0. The van der Waals surface area contributed by atoms with E-state index in [1.54, 1.807) is 0 Å². The summed E-state index contributed by atoms with van der Waals surface area (Å²) in [6.45, 7) is 10.4. The first kappa shape index (κ1) is 16.3. The van der Waals surface area contributed by atoms with Gasteiger partial charge in [0.15, 0.2) is 0 Å². The minimum atomic E-state index is 0.167. The van der Waals surface area contributed by atoms with Crippen LogP contribution in [-0.4, -0.2) is 11.2 Å². The third-order valence-corrected chi connectivity index (χ3v) is 3.86. The van der Waals surface area contributed by atoms with Crippen molar-refractivity contribution in [2.45, 2.75) is 52.5 Å². The summed E-state index contributed by atoms with van der Waals surface area (Å²) in [5, 5.41) is 5.64. The number of hydrazone groups is 1. The highest BCUT2D eigenvalue weighted by molar-refractivity contribution is 5.84. The Morgan fingerprint density at radius 1 is 1.41 bits per heavy atom. The summed E-state index contributed by atoms with van der Waals surface area (Å²) in [4.78, 5) is 3.56. The fraction of sp³-hybridized carbons (Fsp3) is 0.421. The number of hydrogen-bond donors (Lipinski definition) is 2. The number of H-pyrrole nitrogens is 1. The van der Waals surface area contributed by atoms with Crippen molar-refractivity contribution in [2.24, 2.45) is 5.10 Å². The van der Waals surface area contributed by atoms with Gasteiger partial charge in [-0.25, -0.2) is 0 Å². The summed E-state index contributed by atoms with van der Waals surface area (Å²) in [6, 6.07) is 8.66. The standard InChI is InChI=1S/C19H27N3/c1-5-6-13-20-22-15(4)19-17(12-11-14(2)3)16-9-7-8-10-18(16)21-19/h7-10,13,15,21-22H,2,5-6,11-12H2,1,3-4H3/b20-13+. The molecule has 2 aromatic rings. The minimum Gasteiger partial charge on any atom is -0.356 e. The molecule has 0 fully saturated rings. The predicted octanol–water partition coefficient (Wildman–Crippen LogP) is 5.11. The molecular formula is C19H27N3. The number of para-hydroxylation sites is 1. The van der Waals surface area contributed by atoms with Crippen LogP contribution in [0.15, 0.2) is 41.5 Å². The van der Waals surface area contributed by atoms with Crippen LogP contribution in [0.1, 0.15) is 57.3 Å². The Kier molecular flexibility index (Phi) is 5.82. The molecule has 1 atom stereocenters. The van der Waals surface area contributed by atoms with Gasteiger partial charge in [-0.1, -0.05) is 37.1 Å². The Bertz CT molecular complexity index is 652. The Morgan fingerprint density at radius 2 is 2.18 bits per heavy atom. The normalized spacial score (nSPS) is 12.9. The average Bonchev–Trinajstić information content (AvgIpc) is 2.88. The van der Waals surface area contributed by atoms with Crippen molar-refractivity contribution < 1.29 is 0 Å². The second-order valence-corrected chi connectivity index (χ2v) is 5.97. The topological polar surface area (TPSA) is 40.2 Å². The van der Waals surface area contributed by atoms with Gasteiger partial charge in [0.2, 0.25) is 0 Å². The monoisotopic (exact) mass is 297 g/mol. The van der Waals surface area contributed by atoms with Crippen LogP contribution in [0.4, 0.5) is 0 Å². The SMILES string of the molecule is C=C(C)CCc1c(C(C)N/N=C/CCC)[nH]c2ccccc12. The Labute approximate surface area is 133 Å². The molecule has 1 aromatic heterocycles. The van der Waals surface area contributed by atoms with Crippen LogP contribution in [0.3, 0.4) is 0 Å². The summed E-state index contributed by atoms with van der Waals surface area (Å²) in [6.07, 6.45) is 6.11. The summed E-state index contributed by atoms with van der Waals surface area (Å²) >= 11 is 0. The van der Waals surface area contributed by atoms with E-state index in [1.807, 2.05) is 6.21 Å². The molecule has 2 rings (SSSR count). The van der Waals surface area contributed by atoms with Gasteiger partial charge in [-0.2, -0.15) is 5.10 Å². The Hall–Kier alpha value is -2.03. The van der Waals surface area contributed by atoms with Crippen molar-refractivity contribution in [3.63, 3.8) is 0 Å². The van der Waals surface area contributed by atoms with E-state index in [4.69, 9.17) is 0 Å². The fourth-order valence-corrected chi connectivity index (χ4v) is 2.62. The zero-order valence-corrected chi connectivity index (χ0v) is 13.9. The number of aryl methyl sites for hydroxylation is 1. The maximum Gasteiger partial charge on any atom is 0.0813 e. The number of benzene rings is 1. The molecule has 0 aliphatic carbocycles. The molecule has 0 aliphatic rings. The lowest BCUT2D eigenvalue weighted by Gasteiger charge is -2.13. The van der Waals surface area contributed by atoms with Crippen molar-refractivity contribution in [3.8, 4) is 0 Å². The van der Waals surface area contributed by atoms with Gasteiger partial charge in [-0.05, 0) is 44.7 Å². The largest absolute Gasteiger partial charge is 0.356 e. The van der Waals surface area contributed by atoms with E-state index in [-0.39, 0.29) is 6.04 Å². The number of nitrogens with zero attached hydrogens (tertiary/aromatic N) is 1. The number of unbranched alkanes of at least 4 members (excludes halogenated alkanes) is 1. The molecule has 3 nitrogen and oxygen atoms in total. The van der Waals surface area contributed by atoms with Crippen molar-refractivity contribution in [2.75, 3.05) is 0 Å². The molecule has 1 aromatic carbocycles. The molecule has 1 unspecified atom stereocenters. The van der Waals surface area contributed by atoms with Crippen LogP contribution in [0.5, 0.6) is 0 Å². The van der Waals surface area contributed by atoms with Gasteiger partial charge in [-0.3, -0.25) is 0 Å². The lowest BCUT2D eigenvalue weighted by atomic mass is 10.0. The van der Waals surface area contributed by atoms with E-state index in [1.165, 1.54) is 27.7 Å². The van der Waals surface area contributed by atoms with Gasteiger partial charge in [0, 0.05) is 22.8 Å². The van der Waals surface area contributed by atoms with Gasteiger partial charge < -0.3 is 10.4 Å². The highest BCUT2D eigenvalue weighted by Gasteiger charge is 2.15. The first-order valence-corrected chi connectivity index (χ1v) is 8.14. The molecule has 1 heterocycles. The van der Waals surface area contributed by atoms with E-state index in [0.29, 0.717) is 0 Å². The van der Waals surface area contributed by atoms with Crippen LogP contribution in [0.25, 0.3) is 10.9 Å². The van der Waals surface area contributed by atoms with Crippen LogP contribution >= 0.6 is 0 Å². The maximum absolute atomic E-state index is 4.33. The maximum atomic E-state index is 4.33. The van der Waals surface area contributed by atoms with Gasteiger partial charge in [0.25, 0.3) is 0 Å².